The summed E-state index contributed by atoms with van der Waals surface area (Å²) >= 11 is 0. The summed E-state index contributed by atoms with van der Waals surface area (Å²) in [5, 5.41) is 23.4. The Balaban J connectivity index is 3.35. The van der Waals surface area contributed by atoms with E-state index in [1.807, 2.05) is 0 Å². The molecule has 0 aromatic carbocycles. The molecule has 534 valence electrons. The predicted octanol–water partition coefficient (Wildman–Crippen LogP) is 27.6. The molecule has 90 heavy (non-hydrogen) atoms. The van der Waals surface area contributed by atoms with Crippen molar-refractivity contribution in [2.75, 3.05) is 13.2 Å². The van der Waals surface area contributed by atoms with E-state index in [9.17, 15) is 19.8 Å². The first-order valence-electron chi connectivity index (χ1n) is 41.6. The highest BCUT2D eigenvalue weighted by Gasteiger charge is 2.20. The molecule has 0 aliphatic heterocycles. The van der Waals surface area contributed by atoms with Crippen molar-refractivity contribution >= 4 is 11.9 Å². The van der Waals surface area contributed by atoms with Gasteiger partial charge >= 0.3 is 5.97 Å². The third-order valence-electron chi connectivity index (χ3n) is 19.8. The van der Waals surface area contributed by atoms with Crippen LogP contribution in [0.2, 0.25) is 0 Å². The van der Waals surface area contributed by atoms with Gasteiger partial charge in [0, 0.05) is 12.8 Å². The maximum atomic E-state index is 12.6. The molecule has 0 rings (SSSR count). The van der Waals surface area contributed by atoms with Crippen LogP contribution in [0.4, 0.5) is 0 Å². The van der Waals surface area contributed by atoms with Crippen molar-refractivity contribution < 1.29 is 24.5 Å². The summed E-state index contributed by atoms with van der Waals surface area (Å²) in [7, 11) is 0. The summed E-state index contributed by atoms with van der Waals surface area (Å²) in [6.45, 7) is 5.01. The van der Waals surface area contributed by atoms with Crippen LogP contribution in [0.15, 0.2) is 24.3 Å². The number of nitrogens with one attached hydrogen (secondary N) is 1. The highest BCUT2D eigenvalue weighted by Crippen LogP contribution is 2.20. The Hall–Kier alpha value is -1.66. The zero-order valence-corrected chi connectivity index (χ0v) is 61.4. The summed E-state index contributed by atoms with van der Waals surface area (Å²) in [6, 6.07) is -0.540. The van der Waals surface area contributed by atoms with Crippen LogP contribution < -0.4 is 5.32 Å². The molecule has 0 bridgehead atoms. The van der Waals surface area contributed by atoms with E-state index >= 15 is 0 Å². The normalized spacial score (nSPS) is 12.5. The van der Waals surface area contributed by atoms with Crippen LogP contribution >= 0.6 is 0 Å². The van der Waals surface area contributed by atoms with Crippen LogP contribution in [-0.4, -0.2) is 47.4 Å². The quantitative estimate of drug-likeness (QED) is 0.0320. The third kappa shape index (κ3) is 75.4. The molecule has 0 aliphatic carbocycles. The van der Waals surface area contributed by atoms with Crippen molar-refractivity contribution in [2.45, 2.75) is 488 Å². The first kappa shape index (κ1) is 88.3. The summed E-state index contributed by atoms with van der Waals surface area (Å²) < 4.78 is 5.52. The lowest BCUT2D eigenvalue weighted by Crippen LogP contribution is -2.45. The average molecular weight is 1270 g/mol. The molecule has 0 saturated carbocycles. The number of unbranched alkanes of at least 4 members (excludes halogenated alkanes) is 64. The molecule has 1 amide bonds. The number of esters is 1. The van der Waals surface area contributed by atoms with E-state index in [1.54, 1.807) is 0 Å². The zero-order chi connectivity index (χ0) is 64.9. The van der Waals surface area contributed by atoms with Gasteiger partial charge in [0.25, 0.3) is 0 Å². The number of hydrogen-bond acceptors (Lipinski definition) is 5. The van der Waals surface area contributed by atoms with Crippen LogP contribution in [0.3, 0.4) is 0 Å². The van der Waals surface area contributed by atoms with Gasteiger partial charge < -0.3 is 20.3 Å². The van der Waals surface area contributed by atoms with Crippen LogP contribution in [0, 0.1) is 0 Å². The van der Waals surface area contributed by atoms with Gasteiger partial charge in [-0.15, -0.1) is 0 Å². The topological polar surface area (TPSA) is 95.9 Å². The Morgan fingerprint density at radius 1 is 0.311 bits per heavy atom. The molecule has 0 fully saturated rings. The van der Waals surface area contributed by atoms with E-state index in [0.29, 0.717) is 25.9 Å². The number of carbonyl (C=O) groups is 2. The second-order valence-electron chi connectivity index (χ2n) is 28.8. The number of rotatable bonds is 79. The van der Waals surface area contributed by atoms with Crippen molar-refractivity contribution in [3.63, 3.8) is 0 Å². The minimum atomic E-state index is -0.664. The molecule has 6 heteroatoms. The Bertz CT molecular complexity index is 1410. The van der Waals surface area contributed by atoms with E-state index in [1.165, 1.54) is 398 Å². The minimum absolute atomic E-state index is 0.0224. The monoisotopic (exact) mass is 1270 g/mol. The fourth-order valence-corrected chi connectivity index (χ4v) is 13.4. The van der Waals surface area contributed by atoms with Crippen LogP contribution in [0.5, 0.6) is 0 Å². The molecule has 0 heterocycles. The van der Waals surface area contributed by atoms with Gasteiger partial charge in [0.1, 0.15) is 0 Å². The highest BCUT2D eigenvalue weighted by atomic mass is 16.5. The van der Waals surface area contributed by atoms with Gasteiger partial charge in [0.15, 0.2) is 0 Å². The van der Waals surface area contributed by atoms with E-state index in [2.05, 4.69) is 43.5 Å². The van der Waals surface area contributed by atoms with Crippen LogP contribution in [0.25, 0.3) is 0 Å². The van der Waals surface area contributed by atoms with Crippen molar-refractivity contribution in [1.29, 1.82) is 0 Å². The number of hydrogen-bond donors (Lipinski definition) is 3. The minimum Gasteiger partial charge on any atom is -0.466 e. The van der Waals surface area contributed by atoms with E-state index in [-0.39, 0.29) is 18.5 Å². The maximum Gasteiger partial charge on any atom is 0.305 e. The van der Waals surface area contributed by atoms with Gasteiger partial charge in [-0.3, -0.25) is 9.59 Å². The molecule has 0 aromatic heterocycles. The SMILES string of the molecule is CCCCCCCCCCCCCCCCCCCCCCC(O)C(CO)NC(=O)CCCCCCCCCCCCCCCCCCC/C=C\C/C=C\CCCCCCCCCCCCCOC(=O)CCCCCCCCCCCCCCCCCCCC. The number of amides is 1. The first-order valence-corrected chi connectivity index (χ1v) is 41.6. The number of carbonyl (C=O) groups excluding carboxylic acids is 2. The summed E-state index contributed by atoms with van der Waals surface area (Å²) in [5.74, 6) is -0.00498. The Kier molecular flexibility index (Phi) is 78.3. The summed E-state index contributed by atoms with van der Waals surface area (Å²) in [4.78, 5) is 24.7. The molecule has 6 nitrogen and oxygen atoms in total. The number of ether oxygens (including phenoxy) is 1. The summed E-state index contributed by atoms with van der Waals surface area (Å²) in [5.41, 5.74) is 0. The van der Waals surface area contributed by atoms with Gasteiger partial charge in [-0.05, 0) is 57.8 Å². The Labute approximate surface area is 564 Å². The number of aliphatic hydroxyl groups is 2. The van der Waals surface area contributed by atoms with Gasteiger partial charge in [0.2, 0.25) is 5.91 Å². The van der Waals surface area contributed by atoms with Gasteiger partial charge in [-0.2, -0.15) is 0 Å². The lowest BCUT2D eigenvalue weighted by Gasteiger charge is -2.22. The molecular formula is C84H163NO5. The Morgan fingerprint density at radius 3 is 0.844 bits per heavy atom. The molecule has 0 spiro atoms. The molecule has 0 aliphatic rings. The van der Waals surface area contributed by atoms with Gasteiger partial charge in [-0.1, -0.05) is 430 Å². The lowest BCUT2D eigenvalue weighted by atomic mass is 10.0. The zero-order valence-electron chi connectivity index (χ0n) is 61.4. The molecule has 2 unspecified atom stereocenters. The molecule has 2 atom stereocenters. The highest BCUT2D eigenvalue weighted by molar-refractivity contribution is 5.76. The fraction of sp³-hybridized carbons (Fsp3) is 0.929. The second-order valence-corrected chi connectivity index (χ2v) is 28.8. The molecule has 0 aromatic rings. The molecule has 0 radical (unpaired) electrons. The lowest BCUT2D eigenvalue weighted by molar-refractivity contribution is -0.143. The second kappa shape index (κ2) is 79.8. The standard InChI is InChI=1S/C84H163NO5/c1-3-5-7-9-11-13-15-17-19-21-23-41-44-48-52-56-60-64-68-72-76-82(87)81(80-86)85-83(88)77-73-69-65-61-57-53-49-45-42-39-37-35-33-31-29-27-25-24-26-28-30-32-34-36-38-40-43-47-51-55-59-63-67-71-75-79-90-84(89)78-74-70-66-62-58-54-50-46-22-20-18-16-14-12-10-8-6-4-2/h26,28,32,34,81-82,86-87H,3-25,27,29-31,33,35-80H2,1-2H3,(H,85,88)/b28-26-,34-32-. The largest absolute Gasteiger partial charge is 0.466 e. The van der Waals surface area contributed by atoms with E-state index in [0.717, 1.165) is 44.9 Å². The summed E-state index contributed by atoms with van der Waals surface area (Å²) in [6.07, 6.45) is 103. The number of aliphatic hydroxyl groups excluding tert-OH is 2. The molecule has 0 saturated heterocycles. The number of allylic oxidation sites excluding steroid dienone is 4. The van der Waals surface area contributed by atoms with E-state index in [4.69, 9.17) is 4.74 Å². The van der Waals surface area contributed by atoms with Crippen molar-refractivity contribution in [3.8, 4) is 0 Å². The Morgan fingerprint density at radius 2 is 0.556 bits per heavy atom. The smallest absolute Gasteiger partial charge is 0.305 e. The third-order valence-corrected chi connectivity index (χ3v) is 19.8. The molecular weight excluding hydrogens is 1100 g/mol. The van der Waals surface area contributed by atoms with Crippen molar-refractivity contribution in [1.82, 2.24) is 5.32 Å². The van der Waals surface area contributed by atoms with Crippen molar-refractivity contribution in [3.05, 3.63) is 24.3 Å². The predicted molar refractivity (Wildman–Crippen MR) is 398 cm³/mol. The van der Waals surface area contributed by atoms with Crippen molar-refractivity contribution in [2.24, 2.45) is 0 Å². The first-order chi connectivity index (χ1) is 44.5. The van der Waals surface area contributed by atoms with Crippen LogP contribution in [0.1, 0.15) is 476 Å². The van der Waals surface area contributed by atoms with Gasteiger partial charge in [0.05, 0.1) is 25.4 Å². The fourth-order valence-electron chi connectivity index (χ4n) is 13.4. The average Bonchev–Trinajstić information content (AvgIpc) is 3.68. The maximum absolute atomic E-state index is 12.6. The van der Waals surface area contributed by atoms with E-state index < -0.39 is 12.1 Å². The van der Waals surface area contributed by atoms with Gasteiger partial charge in [-0.25, -0.2) is 0 Å². The molecule has 3 N–H and O–H groups in total. The van der Waals surface area contributed by atoms with Crippen LogP contribution in [-0.2, 0) is 14.3 Å².